The number of rotatable bonds is 5. The molecular weight excluding hydrogens is 240 g/mol. The highest BCUT2D eigenvalue weighted by molar-refractivity contribution is 5.92. The Bertz CT molecular complexity index is 424. The summed E-state index contributed by atoms with van der Waals surface area (Å²) in [5.41, 5.74) is 5.68. The number of nitrogens with zero attached hydrogens (tertiary/aromatic N) is 2. The molecule has 1 fully saturated rings. The Morgan fingerprint density at radius 1 is 1.58 bits per heavy atom. The van der Waals surface area contributed by atoms with Gasteiger partial charge in [-0.3, -0.25) is 4.79 Å². The lowest BCUT2D eigenvalue weighted by Gasteiger charge is -2.30. The summed E-state index contributed by atoms with van der Waals surface area (Å²) in [6.07, 6.45) is 4.00. The summed E-state index contributed by atoms with van der Waals surface area (Å²) in [4.78, 5) is 17.7. The molecule has 1 saturated heterocycles. The van der Waals surface area contributed by atoms with Gasteiger partial charge in [-0.1, -0.05) is 0 Å². The van der Waals surface area contributed by atoms with E-state index in [-0.39, 0.29) is 0 Å². The second-order valence-corrected chi connectivity index (χ2v) is 5.31. The maximum atomic E-state index is 11.1. The minimum Gasteiger partial charge on any atom is -0.366 e. The highest BCUT2D eigenvalue weighted by Crippen LogP contribution is 2.17. The number of pyridine rings is 1. The van der Waals surface area contributed by atoms with Gasteiger partial charge in [0.15, 0.2) is 0 Å². The lowest BCUT2D eigenvalue weighted by Crippen LogP contribution is -2.41. The minimum absolute atomic E-state index is 0.370. The molecule has 0 spiro atoms. The SMILES string of the molecule is CC(C)N(CC1CCCN1)c1ccc(C(N)=O)cn1. The lowest BCUT2D eigenvalue weighted by atomic mass is 10.2. The molecule has 1 unspecified atom stereocenters. The molecule has 5 nitrogen and oxygen atoms in total. The van der Waals surface area contributed by atoms with Gasteiger partial charge in [-0.15, -0.1) is 0 Å². The Morgan fingerprint density at radius 3 is 2.84 bits per heavy atom. The van der Waals surface area contributed by atoms with E-state index in [9.17, 15) is 4.79 Å². The molecule has 5 heteroatoms. The zero-order chi connectivity index (χ0) is 13.8. The smallest absolute Gasteiger partial charge is 0.250 e. The van der Waals surface area contributed by atoms with Crippen LogP contribution in [-0.4, -0.2) is 36.1 Å². The van der Waals surface area contributed by atoms with Crippen molar-refractivity contribution in [3.8, 4) is 0 Å². The van der Waals surface area contributed by atoms with Crippen molar-refractivity contribution in [1.29, 1.82) is 0 Å². The zero-order valence-corrected chi connectivity index (χ0v) is 11.6. The van der Waals surface area contributed by atoms with Crippen LogP contribution in [0.25, 0.3) is 0 Å². The Morgan fingerprint density at radius 2 is 2.37 bits per heavy atom. The first-order chi connectivity index (χ1) is 9.08. The number of amides is 1. The van der Waals surface area contributed by atoms with E-state index in [4.69, 9.17) is 5.73 Å². The summed E-state index contributed by atoms with van der Waals surface area (Å²) >= 11 is 0. The maximum Gasteiger partial charge on any atom is 0.250 e. The van der Waals surface area contributed by atoms with Crippen LogP contribution in [0.2, 0.25) is 0 Å². The van der Waals surface area contributed by atoms with Crippen molar-refractivity contribution in [3.05, 3.63) is 23.9 Å². The van der Waals surface area contributed by atoms with E-state index in [2.05, 4.69) is 29.0 Å². The molecule has 1 aliphatic rings. The summed E-state index contributed by atoms with van der Waals surface area (Å²) in [7, 11) is 0. The zero-order valence-electron chi connectivity index (χ0n) is 11.6. The molecule has 1 aliphatic heterocycles. The topological polar surface area (TPSA) is 71.2 Å². The number of nitrogens with two attached hydrogens (primary N) is 1. The lowest BCUT2D eigenvalue weighted by molar-refractivity contribution is 0.1000. The van der Waals surface area contributed by atoms with Crippen LogP contribution < -0.4 is 16.0 Å². The molecule has 2 heterocycles. The fourth-order valence-electron chi connectivity index (χ4n) is 2.42. The van der Waals surface area contributed by atoms with Crippen LogP contribution in [0.4, 0.5) is 5.82 Å². The quantitative estimate of drug-likeness (QED) is 0.835. The average Bonchev–Trinajstić information content (AvgIpc) is 2.88. The monoisotopic (exact) mass is 262 g/mol. The summed E-state index contributed by atoms with van der Waals surface area (Å²) < 4.78 is 0. The van der Waals surface area contributed by atoms with Crippen LogP contribution >= 0.6 is 0 Å². The summed E-state index contributed by atoms with van der Waals surface area (Å²) in [6, 6.07) is 4.51. The first kappa shape index (κ1) is 13.8. The van der Waals surface area contributed by atoms with E-state index in [0.29, 0.717) is 17.6 Å². The third kappa shape index (κ3) is 3.44. The number of anilines is 1. The van der Waals surface area contributed by atoms with Crippen LogP contribution in [0, 0.1) is 0 Å². The normalized spacial score (nSPS) is 18.8. The molecule has 0 aliphatic carbocycles. The van der Waals surface area contributed by atoms with Gasteiger partial charge >= 0.3 is 0 Å². The number of carbonyl (C=O) groups excluding carboxylic acids is 1. The summed E-state index contributed by atoms with van der Waals surface area (Å²) in [5, 5.41) is 3.50. The van der Waals surface area contributed by atoms with Crippen molar-refractivity contribution < 1.29 is 4.79 Å². The van der Waals surface area contributed by atoms with E-state index < -0.39 is 5.91 Å². The fraction of sp³-hybridized carbons (Fsp3) is 0.571. The van der Waals surface area contributed by atoms with Gasteiger partial charge in [0.1, 0.15) is 5.82 Å². The average molecular weight is 262 g/mol. The number of aromatic nitrogens is 1. The Kier molecular flexibility index (Phi) is 4.37. The molecule has 1 aromatic heterocycles. The third-order valence-corrected chi connectivity index (χ3v) is 3.53. The Balaban J connectivity index is 2.11. The van der Waals surface area contributed by atoms with Crippen molar-refractivity contribution in [1.82, 2.24) is 10.3 Å². The van der Waals surface area contributed by atoms with Gasteiger partial charge in [0.05, 0.1) is 5.56 Å². The number of carbonyl (C=O) groups is 1. The predicted octanol–water partition coefficient (Wildman–Crippen LogP) is 1.15. The standard InChI is InChI=1S/C14H22N4O/c1-10(2)18(9-12-4-3-7-16-12)13-6-5-11(8-17-13)14(15)19/h5-6,8,10,12,16H,3-4,7,9H2,1-2H3,(H2,15,19). The Hall–Kier alpha value is -1.62. The molecule has 2 rings (SSSR count). The van der Waals surface area contributed by atoms with Crippen molar-refractivity contribution in [2.24, 2.45) is 5.73 Å². The largest absolute Gasteiger partial charge is 0.366 e. The van der Waals surface area contributed by atoms with Crippen LogP contribution in [0.5, 0.6) is 0 Å². The molecule has 0 saturated carbocycles. The number of hydrogen-bond acceptors (Lipinski definition) is 4. The van der Waals surface area contributed by atoms with Gasteiger partial charge in [0.2, 0.25) is 5.91 Å². The van der Waals surface area contributed by atoms with Gasteiger partial charge in [0.25, 0.3) is 0 Å². The molecule has 0 bridgehead atoms. The molecule has 0 aromatic carbocycles. The van der Waals surface area contributed by atoms with Gasteiger partial charge in [-0.05, 0) is 45.4 Å². The van der Waals surface area contributed by atoms with Crippen LogP contribution in [-0.2, 0) is 0 Å². The first-order valence-corrected chi connectivity index (χ1v) is 6.84. The Labute approximate surface area is 114 Å². The molecule has 1 amide bonds. The van der Waals surface area contributed by atoms with Crippen molar-refractivity contribution in [3.63, 3.8) is 0 Å². The van der Waals surface area contributed by atoms with Crippen LogP contribution in [0.3, 0.4) is 0 Å². The summed E-state index contributed by atoms with van der Waals surface area (Å²) in [5.74, 6) is 0.460. The molecule has 1 aromatic rings. The number of hydrogen-bond donors (Lipinski definition) is 2. The van der Waals surface area contributed by atoms with Crippen molar-refractivity contribution in [2.45, 2.75) is 38.8 Å². The predicted molar refractivity (Wildman–Crippen MR) is 76.3 cm³/mol. The third-order valence-electron chi connectivity index (χ3n) is 3.53. The fourth-order valence-corrected chi connectivity index (χ4v) is 2.42. The maximum absolute atomic E-state index is 11.1. The van der Waals surface area contributed by atoms with Crippen LogP contribution in [0.1, 0.15) is 37.0 Å². The second kappa shape index (κ2) is 6.02. The van der Waals surface area contributed by atoms with Crippen molar-refractivity contribution in [2.75, 3.05) is 18.0 Å². The highest BCUT2D eigenvalue weighted by Gasteiger charge is 2.20. The molecule has 19 heavy (non-hydrogen) atoms. The van der Waals surface area contributed by atoms with Crippen LogP contribution in [0.15, 0.2) is 18.3 Å². The highest BCUT2D eigenvalue weighted by atomic mass is 16.1. The second-order valence-electron chi connectivity index (χ2n) is 5.31. The van der Waals surface area contributed by atoms with Gasteiger partial charge < -0.3 is 16.0 Å². The number of primary amides is 1. The summed E-state index contributed by atoms with van der Waals surface area (Å²) in [6.45, 7) is 6.35. The van der Waals surface area contributed by atoms with E-state index in [1.807, 2.05) is 6.07 Å². The number of nitrogens with one attached hydrogen (secondary N) is 1. The van der Waals surface area contributed by atoms with E-state index in [1.165, 1.54) is 12.8 Å². The van der Waals surface area contributed by atoms with Crippen molar-refractivity contribution >= 4 is 11.7 Å². The minimum atomic E-state index is -0.437. The van der Waals surface area contributed by atoms with E-state index in [0.717, 1.165) is 18.9 Å². The van der Waals surface area contributed by atoms with E-state index >= 15 is 0 Å². The van der Waals surface area contributed by atoms with Gasteiger partial charge in [0, 0.05) is 24.8 Å². The van der Waals surface area contributed by atoms with Gasteiger partial charge in [-0.25, -0.2) is 4.98 Å². The molecule has 0 radical (unpaired) electrons. The molecule has 1 atom stereocenters. The van der Waals surface area contributed by atoms with Gasteiger partial charge in [-0.2, -0.15) is 0 Å². The van der Waals surface area contributed by atoms with E-state index in [1.54, 1.807) is 12.3 Å². The molecular formula is C14H22N4O. The molecule has 104 valence electrons. The molecule has 3 N–H and O–H groups in total. The first-order valence-electron chi connectivity index (χ1n) is 6.84.